The molecule has 0 spiro atoms. The average molecular weight is 201 g/mol. The number of rotatable bonds is 6. The maximum atomic E-state index is 8.59. The Morgan fingerprint density at radius 1 is 1.21 bits per heavy atom. The molecule has 1 aliphatic rings. The molecule has 3 nitrogen and oxygen atoms in total. The van der Waals surface area contributed by atoms with Gasteiger partial charge in [0, 0.05) is 19.3 Å². The molecule has 0 amide bonds. The van der Waals surface area contributed by atoms with Crippen molar-refractivity contribution < 1.29 is 9.84 Å². The second-order valence-electron chi connectivity index (χ2n) is 4.20. The second kappa shape index (κ2) is 7.21. The van der Waals surface area contributed by atoms with Gasteiger partial charge in [-0.05, 0) is 44.9 Å². The molecule has 14 heavy (non-hydrogen) atoms. The van der Waals surface area contributed by atoms with Gasteiger partial charge in [-0.15, -0.1) is 0 Å². The van der Waals surface area contributed by atoms with Crippen molar-refractivity contribution in [1.82, 2.24) is 0 Å². The first-order chi connectivity index (χ1) is 6.83. The zero-order chi connectivity index (χ0) is 10.2. The molecule has 0 aromatic heterocycles. The first kappa shape index (κ1) is 12.0. The van der Waals surface area contributed by atoms with Gasteiger partial charge in [0.15, 0.2) is 0 Å². The Hall–Kier alpha value is -0.120. The molecule has 0 aliphatic heterocycles. The SMILES string of the molecule is NC1CCCC(OCCCCCO)C1. The van der Waals surface area contributed by atoms with Gasteiger partial charge in [-0.3, -0.25) is 0 Å². The highest BCUT2D eigenvalue weighted by Crippen LogP contribution is 2.19. The summed E-state index contributed by atoms with van der Waals surface area (Å²) in [5, 5.41) is 8.59. The summed E-state index contributed by atoms with van der Waals surface area (Å²) in [6.45, 7) is 1.13. The molecule has 1 aliphatic carbocycles. The Kier molecular flexibility index (Phi) is 6.15. The van der Waals surface area contributed by atoms with Crippen LogP contribution in [0.2, 0.25) is 0 Å². The molecule has 3 N–H and O–H groups in total. The van der Waals surface area contributed by atoms with E-state index < -0.39 is 0 Å². The van der Waals surface area contributed by atoms with Crippen molar-refractivity contribution >= 4 is 0 Å². The van der Waals surface area contributed by atoms with Crippen LogP contribution in [-0.4, -0.2) is 30.5 Å². The highest BCUT2D eigenvalue weighted by atomic mass is 16.5. The van der Waals surface area contributed by atoms with Crippen molar-refractivity contribution in [2.45, 2.75) is 57.1 Å². The maximum Gasteiger partial charge on any atom is 0.0589 e. The van der Waals surface area contributed by atoms with Gasteiger partial charge in [0.05, 0.1) is 6.10 Å². The van der Waals surface area contributed by atoms with E-state index in [4.69, 9.17) is 15.6 Å². The number of nitrogens with two attached hydrogens (primary N) is 1. The van der Waals surface area contributed by atoms with Gasteiger partial charge in [0.25, 0.3) is 0 Å². The summed E-state index contributed by atoms with van der Waals surface area (Å²) in [5.41, 5.74) is 5.86. The van der Waals surface area contributed by atoms with Crippen LogP contribution in [0.15, 0.2) is 0 Å². The highest BCUT2D eigenvalue weighted by molar-refractivity contribution is 4.75. The minimum Gasteiger partial charge on any atom is -0.396 e. The van der Waals surface area contributed by atoms with E-state index >= 15 is 0 Å². The minimum absolute atomic E-state index is 0.300. The Labute approximate surface area is 86.6 Å². The predicted molar refractivity (Wildman–Crippen MR) is 57.1 cm³/mol. The number of ether oxygens (including phenoxy) is 1. The third kappa shape index (κ3) is 4.94. The zero-order valence-corrected chi connectivity index (χ0v) is 8.95. The van der Waals surface area contributed by atoms with Crippen molar-refractivity contribution in [3.8, 4) is 0 Å². The van der Waals surface area contributed by atoms with Crippen LogP contribution < -0.4 is 5.73 Å². The smallest absolute Gasteiger partial charge is 0.0589 e. The standard InChI is InChI=1S/C11H23NO2/c12-10-5-4-6-11(9-10)14-8-3-1-2-7-13/h10-11,13H,1-9,12H2. The van der Waals surface area contributed by atoms with E-state index in [9.17, 15) is 0 Å². The number of hydrogen-bond donors (Lipinski definition) is 2. The fraction of sp³-hybridized carbons (Fsp3) is 1.00. The molecular formula is C11H23NO2. The lowest BCUT2D eigenvalue weighted by Crippen LogP contribution is -2.32. The normalized spacial score (nSPS) is 27.9. The molecule has 0 saturated heterocycles. The monoisotopic (exact) mass is 201 g/mol. The van der Waals surface area contributed by atoms with E-state index in [2.05, 4.69) is 0 Å². The van der Waals surface area contributed by atoms with E-state index in [1.54, 1.807) is 0 Å². The third-order valence-electron chi connectivity index (χ3n) is 2.82. The van der Waals surface area contributed by atoms with Crippen LogP contribution in [0.1, 0.15) is 44.9 Å². The zero-order valence-electron chi connectivity index (χ0n) is 8.95. The van der Waals surface area contributed by atoms with E-state index in [1.165, 1.54) is 12.8 Å². The fourth-order valence-electron chi connectivity index (χ4n) is 1.97. The Morgan fingerprint density at radius 3 is 2.79 bits per heavy atom. The Morgan fingerprint density at radius 2 is 2.07 bits per heavy atom. The lowest BCUT2D eigenvalue weighted by molar-refractivity contribution is 0.0212. The molecule has 2 atom stereocenters. The molecule has 1 saturated carbocycles. The summed E-state index contributed by atoms with van der Waals surface area (Å²) in [7, 11) is 0. The lowest BCUT2D eigenvalue weighted by atomic mass is 9.93. The Bertz CT molecular complexity index is 141. The lowest BCUT2D eigenvalue weighted by Gasteiger charge is -2.26. The van der Waals surface area contributed by atoms with Crippen LogP contribution >= 0.6 is 0 Å². The number of aliphatic hydroxyl groups excluding tert-OH is 1. The van der Waals surface area contributed by atoms with Gasteiger partial charge in [-0.1, -0.05) is 0 Å². The molecule has 0 aromatic rings. The van der Waals surface area contributed by atoms with Crippen LogP contribution in [-0.2, 0) is 4.74 Å². The van der Waals surface area contributed by atoms with E-state index in [-0.39, 0.29) is 0 Å². The van der Waals surface area contributed by atoms with Gasteiger partial charge < -0.3 is 15.6 Å². The summed E-state index contributed by atoms with van der Waals surface area (Å²) < 4.78 is 5.74. The van der Waals surface area contributed by atoms with E-state index in [0.29, 0.717) is 18.8 Å². The molecule has 84 valence electrons. The van der Waals surface area contributed by atoms with Crippen molar-refractivity contribution in [2.75, 3.05) is 13.2 Å². The van der Waals surface area contributed by atoms with Gasteiger partial charge in [-0.2, -0.15) is 0 Å². The summed E-state index contributed by atoms with van der Waals surface area (Å²) in [4.78, 5) is 0. The third-order valence-corrected chi connectivity index (χ3v) is 2.82. The highest BCUT2D eigenvalue weighted by Gasteiger charge is 2.18. The molecule has 3 heteroatoms. The number of hydrogen-bond acceptors (Lipinski definition) is 3. The average Bonchev–Trinajstić information content (AvgIpc) is 2.18. The largest absolute Gasteiger partial charge is 0.396 e. The fourth-order valence-corrected chi connectivity index (χ4v) is 1.97. The predicted octanol–water partition coefficient (Wildman–Crippen LogP) is 1.44. The summed E-state index contributed by atoms with van der Waals surface area (Å²) in [6.07, 6.45) is 7.99. The first-order valence-electron chi connectivity index (χ1n) is 5.81. The Balaban J connectivity index is 1.95. The van der Waals surface area contributed by atoms with Crippen LogP contribution in [0.25, 0.3) is 0 Å². The van der Waals surface area contributed by atoms with Gasteiger partial charge in [0.1, 0.15) is 0 Å². The quantitative estimate of drug-likeness (QED) is 0.639. The number of aliphatic hydroxyl groups is 1. The number of unbranched alkanes of at least 4 members (excludes halogenated alkanes) is 2. The van der Waals surface area contributed by atoms with E-state index in [1.807, 2.05) is 0 Å². The van der Waals surface area contributed by atoms with Crippen LogP contribution in [0.4, 0.5) is 0 Å². The molecule has 0 aromatic carbocycles. The van der Waals surface area contributed by atoms with Crippen LogP contribution in [0.3, 0.4) is 0 Å². The summed E-state index contributed by atoms with van der Waals surface area (Å²) >= 11 is 0. The van der Waals surface area contributed by atoms with Crippen molar-refractivity contribution in [3.63, 3.8) is 0 Å². The second-order valence-corrected chi connectivity index (χ2v) is 4.20. The molecule has 0 radical (unpaired) electrons. The van der Waals surface area contributed by atoms with E-state index in [0.717, 1.165) is 38.7 Å². The molecule has 0 bridgehead atoms. The van der Waals surface area contributed by atoms with Gasteiger partial charge >= 0.3 is 0 Å². The maximum absolute atomic E-state index is 8.59. The minimum atomic E-state index is 0.300. The molecule has 0 heterocycles. The molecular weight excluding hydrogens is 178 g/mol. The topological polar surface area (TPSA) is 55.5 Å². The summed E-state index contributed by atoms with van der Waals surface area (Å²) in [5.74, 6) is 0. The molecule has 1 rings (SSSR count). The van der Waals surface area contributed by atoms with Crippen LogP contribution in [0, 0.1) is 0 Å². The van der Waals surface area contributed by atoms with Crippen molar-refractivity contribution in [2.24, 2.45) is 5.73 Å². The molecule has 2 unspecified atom stereocenters. The first-order valence-corrected chi connectivity index (χ1v) is 5.81. The summed E-state index contributed by atoms with van der Waals surface area (Å²) in [6, 6.07) is 0.353. The van der Waals surface area contributed by atoms with Gasteiger partial charge in [-0.25, -0.2) is 0 Å². The van der Waals surface area contributed by atoms with Crippen molar-refractivity contribution in [1.29, 1.82) is 0 Å². The van der Waals surface area contributed by atoms with Gasteiger partial charge in [0.2, 0.25) is 0 Å². The molecule has 1 fully saturated rings. The van der Waals surface area contributed by atoms with Crippen molar-refractivity contribution in [3.05, 3.63) is 0 Å². The van der Waals surface area contributed by atoms with Crippen LogP contribution in [0.5, 0.6) is 0 Å².